The summed E-state index contributed by atoms with van der Waals surface area (Å²) < 4.78 is 11.3. The van der Waals surface area contributed by atoms with Crippen LogP contribution in [0.1, 0.15) is 31.4 Å². The molecule has 1 aromatic carbocycles. The van der Waals surface area contributed by atoms with Gasteiger partial charge in [0.15, 0.2) is 5.78 Å². The minimum absolute atomic E-state index is 0.0832. The number of Topliss-reactive ketones (excluding diaryl/α,β-unsaturated/α-hetero) is 1. The fraction of sp³-hybridized carbons (Fsp3) is 0.438. The van der Waals surface area contributed by atoms with Crippen LogP contribution in [0.3, 0.4) is 0 Å². The summed E-state index contributed by atoms with van der Waals surface area (Å²) in [5, 5.41) is 9.91. The van der Waals surface area contributed by atoms with Crippen LogP contribution in [0.5, 0.6) is 11.5 Å². The highest BCUT2D eigenvalue weighted by molar-refractivity contribution is 6.25. The number of methoxy groups -OCH3 is 1. The van der Waals surface area contributed by atoms with Crippen molar-refractivity contribution in [1.29, 1.82) is 0 Å². The third-order valence-electron chi connectivity index (χ3n) is 4.13. The second-order valence-corrected chi connectivity index (χ2v) is 6.09. The summed E-state index contributed by atoms with van der Waals surface area (Å²) in [7, 11) is 1.58. The van der Waals surface area contributed by atoms with Crippen molar-refractivity contribution in [3.63, 3.8) is 0 Å². The third kappa shape index (κ3) is 1.68. The molecule has 2 aliphatic rings. The standard InChI is InChI=1S/C16H18O4/c1-8-5-12-9(6-10(8)17)13-11(18)7-16(2,3)14(13)15(19-4)20-12/h5-6,15,17H,7H2,1-4H3. The van der Waals surface area contributed by atoms with Gasteiger partial charge in [-0.2, -0.15) is 0 Å². The van der Waals surface area contributed by atoms with E-state index < -0.39 is 6.29 Å². The number of ether oxygens (including phenoxy) is 2. The van der Waals surface area contributed by atoms with Gasteiger partial charge in [0, 0.05) is 30.2 Å². The van der Waals surface area contributed by atoms with E-state index in [1.165, 1.54) is 0 Å². The van der Waals surface area contributed by atoms with Crippen LogP contribution in [-0.2, 0) is 9.53 Å². The molecule has 0 aromatic heterocycles. The number of benzene rings is 1. The van der Waals surface area contributed by atoms with Gasteiger partial charge in [0.2, 0.25) is 6.29 Å². The molecule has 0 saturated heterocycles. The predicted molar refractivity (Wildman–Crippen MR) is 74.6 cm³/mol. The minimum Gasteiger partial charge on any atom is -0.508 e. The van der Waals surface area contributed by atoms with E-state index in [2.05, 4.69) is 0 Å². The molecule has 106 valence electrons. The zero-order valence-corrected chi connectivity index (χ0v) is 12.1. The average Bonchev–Trinajstić information content (AvgIpc) is 2.61. The van der Waals surface area contributed by atoms with Gasteiger partial charge in [-0.25, -0.2) is 0 Å². The smallest absolute Gasteiger partial charge is 0.224 e. The van der Waals surface area contributed by atoms with Gasteiger partial charge in [-0.15, -0.1) is 0 Å². The Morgan fingerprint density at radius 2 is 2.10 bits per heavy atom. The van der Waals surface area contributed by atoms with Crippen LogP contribution in [0.4, 0.5) is 0 Å². The Balaban J connectivity index is 2.29. The first-order valence-electron chi connectivity index (χ1n) is 6.66. The lowest BCUT2D eigenvalue weighted by molar-refractivity contribution is -0.114. The highest BCUT2D eigenvalue weighted by Gasteiger charge is 2.46. The lowest BCUT2D eigenvalue weighted by Gasteiger charge is -2.32. The van der Waals surface area contributed by atoms with Crippen LogP contribution >= 0.6 is 0 Å². The molecule has 0 amide bonds. The lowest BCUT2D eigenvalue weighted by atomic mass is 9.83. The molecule has 1 aromatic rings. The molecule has 1 aliphatic heterocycles. The number of hydrogen-bond donors (Lipinski definition) is 1. The van der Waals surface area contributed by atoms with Gasteiger partial charge in [0.05, 0.1) is 0 Å². The maximum absolute atomic E-state index is 12.4. The molecule has 1 N–H and O–H groups in total. The molecule has 1 unspecified atom stereocenters. The van der Waals surface area contributed by atoms with Gasteiger partial charge in [-0.05, 0) is 30.0 Å². The van der Waals surface area contributed by atoms with Crippen LogP contribution in [0.25, 0.3) is 5.57 Å². The maximum Gasteiger partial charge on any atom is 0.224 e. The van der Waals surface area contributed by atoms with Crippen molar-refractivity contribution >= 4 is 11.4 Å². The first-order valence-corrected chi connectivity index (χ1v) is 6.66. The number of carbonyl (C=O) groups excluding carboxylic acids is 1. The monoisotopic (exact) mass is 274 g/mol. The van der Waals surface area contributed by atoms with E-state index in [1.54, 1.807) is 26.2 Å². The Kier molecular flexibility index (Phi) is 2.70. The second kappa shape index (κ2) is 4.09. The highest BCUT2D eigenvalue weighted by atomic mass is 16.7. The number of hydrogen-bond acceptors (Lipinski definition) is 4. The zero-order valence-electron chi connectivity index (χ0n) is 12.1. The molecule has 0 spiro atoms. The van der Waals surface area contributed by atoms with E-state index in [4.69, 9.17) is 9.47 Å². The number of fused-ring (bicyclic) bond motifs is 2. The summed E-state index contributed by atoms with van der Waals surface area (Å²) in [4.78, 5) is 12.4. The van der Waals surface area contributed by atoms with Crippen LogP contribution in [0.2, 0.25) is 0 Å². The molecular weight excluding hydrogens is 256 g/mol. The van der Waals surface area contributed by atoms with E-state index in [1.807, 2.05) is 13.8 Å². The first-order chi connectivity index (χ1) is 9.35. The molecule has 1 atom stereocenters. The first kappa shape index (κ1) is 13.2. The van der Waals surface area contributed by atoms with E-state index in [-0.39, 0.29) is 16.9 Å². The van der Waals surface area contributed by atoms with Crippen molar-refractivity contribution in [3.8, 4) is 11.5 Å². The SMILES string of the molecule is COC1Oc2cc(C)c(O)cc2C2=C1C(C)(C)CC2=O. The number of carbonyl (C=O) groups is 1. The number of ketones is 1. The van der Waals surface area contributed by atoms with Crippen molar-refractivity contribution in [2.45, 2.75) is 33.5 Å². The Hall–Kier alpha value is -1.81. The summed E-state index contributed by atoms with van der Waals surface area (Å²) in [5.74, 6) is 0.851. The minimum atomic E-state index is -0.539. The van der Waals surface area contributed by atoms with Crippen molar-refractivity contribution in [3.05, 3.63) is 28.8 Å². The normalized spacial score (nSPS) is 23.4. The van der Waals surface area contributed by atoms with Crippen molar-refractivity contribution in [2.24, 2.45) is 5.41 Å². The second-order valence-electron chi connectivity index (χ2n) is 6.09. The number of allylic oxidation sites excluding steroid dienone is 1. The van der Waals surface area contributed by atoms with Crippen molar-refractivity contribution < 1.29 is 19.4 Å². The molecule has 1 aliphatic carbocycles. The van der Waals surface area contributed by atoms with Gasteiger partial charge in [0.1, 0.15) is 11.5 Å². The summed E-state index contributed by atoms with van der Waals surface area (Å²) >= 11 is 0. The predicted octanol–water partition coefficient (Wildman–Crippen LogP) is 2.82. The summed E-state index contributed by atoms with van der Waals surface area (Å²) in [5.41, 5.74) is 2.63. The molecule has 3 rings (SSSR count). The molecule has 0 bridgehead atoms. The molecule has 20 heavy (non-hydrogen) atoms. The molecule has 4 nitrogen and oxygen atoms in total. The fourth-order valence-corrected chi connectivity index (χ4v) is 3.11. The Morgan fingerprint density at radius 1 is 1.40 bits per heavy atom. The number of phenolic OH excluding ortho intramolecular Hbond substituents is 1. The highest BCUT2D eigenvalue weighted by Crippen LogP contribution is 2.52. The maximum atomic E-state index is 12.4. The topological polar surface area (TPSA) is 55.8 Å². The van der Waals surface area contributed by atoms with E-state index in [9.17, 15) is 9.90 Å². The molecular formula is C16H18O4. The van der Waals surface area contributed by atoms with Crippen molar-refractivity contribution in [2.75, 3.05) is 7.11 Å². The van der Waals surface area contributed by atoms with Crippen LogP contribution in [0.15, 0.2) is 17.7 Å². The van der Waals surface area contributed by atoms with Gasteiger partial charge in [-0.1, -0.05) is 13.8 Å². The molecule has 0 radical (unpaired) electrons. The van der Waals surface area contributed by atoms with Gasteiger partial charge in [0.25, 0.3) is 0 Å². The third-order valence-corrected chi connectivity index (χ3v) is 4.13. The number of aromatic hydroxyl groups is 1. The fourth-order valence-electron chi connectivity index (χ4n) is 3.11. The van der Waals surface area contributed by atoms with Crippen LogP contribution < -0.4 is 4.74 Å². The number of rotatable bonds is 1. The molecule has 1 heterocycles. The van der Waals surface area contributed by atoms with E-state index in [0.29, 0.717) is 28.9 Å². The molecule has 0 fully saturated rings. The largest absolute Gasteiger partial charge is 0.508 e. The molecule has 4 heteroatoms. The van der Waals surface area contributed by atoms with Crippen LogP contribution in [-0.4, -0.2) is 24.3 Å². The Labute approximate surface area is 118 Å². The zero-order chi connectivity index (χ0) is 14.7. The Morgan fingerprint density at radius 3 is 2.75 bits per heavy atom. The Bertz CT molecular complexity index is 640. The van der Waals surface area contributed by atoms with Crippen molar-refractivity contribution in [1.82, 2.24) is 0 Å². The quantitative estimate of drug-likeness (QED) is 0.855. The lowest BCUT2D eigenvalue weighted by Crippen LogP contribution is -2.31. The average molecular weight is 274 g/mol. The summed E-state index contributed by atoms with van der Waals surface area (Å²) in [6.45, 7) is 5.83. The van der Waals surface area contributed by atoms with Gasteiger partial charge >= 0.3 is 0 Å². The summed E-state index contributed by atoms with van der Waals surface area (Å²) in [6.07, 6.45) is -0.0995. The van der Waals surface area contributed by atoms with Gasteiger partial charge < -0.3 is 14.6 Å². The van der Waals surface area contributed by atoms with E-state index in [0.717, 1.165) is 5.57 Å². The van der Waals surface area contributed by atoms with Gasteiger partial charge in [-0.3, -0.25) is 4.79 Å². The van der Waals surface area contributed by atoms with E-state index >= 15 is 0 Å². The van der Waals surface area contributed by atoms with Crippen LogP contribution in [0, 0.1) is 12.3 Å². The molecule has 0 saturated carbocycles. The number of aryl methyl sites for hydroxylation is 1. The number of phenols is 1. The summed E-state index contributed by atoms with van der Waals surface area (Å²) in [6, 6.07) is 3.37.